The van der Waals surface area contributed by atoms with Gasteiger partial charge in [-0.05, 0) is 0 Å². The minimum absolute atomic E-state index is 0.290. The van der Waals surface area contributed by atoms with Crippen LogP contribution in [0.4, 0.5) is 0 Å². The molecule has 0 bridgehead atoms. The lowest BCUT2D eigenvalue weighted by Gasteiger charge is -2.42. The molecule has 1 atom stereocenters. The first-order valence-electron chi connectivity index (χ1n) is 6.59. The zero-order valence-corrected chi connectivity index (χ0v) is 13.0. The molecule has 0 fully saturated rings. The second-order valence-corrected chi connectivity index (χ2v) is 5.08. The van der Waals surface area contributed by atoms with Crippen molar-refractivity contribution in [1.29, 1.82) is 0 Å². The summed E-state index contributed by atoms with van der Waals surface area (Å²) in [5.74, 6) is 45.1. The number of nitrogens with two attached hydrogens (primary N) is 8. The smallest absolute Gasteiger partial charge is 0.139 e. The van der Waals surface area contributed by atoms with Gasteiger partial charge in [0.15, 0.2) is 0 Å². The van der Waals surface area contributed by atoms with E-state index < -0.39 is 26.6 Å². The normalized spacial score (nSPS) is 16.1. The van der Waals surface area contributed by atoms with Crippen LogP contribution in [-0.2, 0) is 9.68 Å². The van der Waals surface area contributed by atoms with E-state index in [1.807, 2.05) is 0 Å². The van der Waals surface area contributed by atoms with Gasteiger partial charge in [-0.25, -0.2) is 0 Å². The quantitative estimate of drug-likeness (QED) is 0.0907. The molecular weight excluding hydrogens is 282 g/mol. The van der Waals surface area contributed by atoms with Crippen LogP contribution in [0.1, 0.15) is 40.0 Å². The van der Waals surface area contributed by atoms with Crippen molar-refractivity contribution in [2.75, 3.05) is 0 Å². The van der Waals surface area contributed by atoms with Gasteiger partial charge in [0, 0.05) is 29.1 Å². The van der Waals surface area contributed by atoms with E-state index in [0.717, 1.165) is 0 Å². The maximum Gasteiger partial charge on any atom is 0.326 e. The second-order valence-electron chi connectivity index (χ2n) is 5.08. The largest absolute Gasteiger partial charge is 0.326 e. The van der Waals surface area contributed by atoms with E-state index in [4.69, 9.17) is 56.4 Å². The van der Waals surface area contributed by atoms with Crippen LogP contribution >= 0.6 is 0 Å². The van der Waals surface area contributed by atoms with Crippen LogP contribution in [0, 0.1) is 0 Å². The highest BCUT2D eigenvalue weighted by atomic mass is 16.9. The standard InChI is InChI=1S/C8H32N11O2/c1-4-7(17(9,10)11)20-18(12,13)8(5-2,6-3)21-19(14,15)16/h7H,4-6,9-16H2,1-3H3/q+3. The first kappa shape index (κ1) is 20.5. The Balaban J connectivity index is 5.47. The fraction of sp³-hybridized carbons (Fsp3) is 1.00. The van der Waals surface area contributed by atoms with Gasteiger partial charge < -0.3 is 0 Å². The Labute approximate surface area is 124 Å². The van der Waals surface area contributed by atoms with E-state index in [9.17, 15) is 0 Å². The third-order valence-electron chi connectivity index (χ3n) is 3.21. The summed E-state index contributed by atoms with van der Waals surface area (Å²) in [7, 11) is 0. The van der Waals surface area contributed by atoms with Crippen molar-refractivity contribution in [2.24, 2.45) is 46.7 Å². The highest BCUT2D eigenvalue weighted by molar-refractivity contribution is 4.61. The van der Waals surface area contributed by atoms with Crippen LogP contribution < -0.4 is 46.7 Å². The van der Waals surface area contributed by atoms with E-state index in [1.54, 1.807) is 20.8 Å². The predicted octanol–water partition coefficient (Wildman–Crippen LogP) is -3.46. The molecular formula is C8H32N11O2+3. The molecule has 128 valence electrons. The van der Waals surface area contributed by atoms with Crippen LogP contribution in [0.3, 0.4) is 0 Å². The molecule has 0 aromatic carbocycles. The molecule has 0 radical (unpaired) electrons. The minimum Gasteiger partial charge on any atom is -0.139 e. The molecule has 0 saturated heterocycles. The monoisotopic (exact) mass is 314 g/mol. The van der Waals surface area contributed by atoms with E-state index in [0.29, 0.717) is 6.42 Å². The lowest BCUT2D eigenvalue weighted by atomic mass is 10.1. The van der Waals surface area contributed by atoms with Crippen molar-refractivity contribution in [3.63, 3.8) is 0 Å². The molecule has 1 unspecified atom stereocenters. The van der Waals surface area contributed by atoms with Crippen LogP contribution in [0.2, 0.25) is 0 Å². The Kier molecular flexibility index (Phi) is 6.55. The van der Waals surface area contributed by atoms with Gasteiger partial charge in [-0.1, -0.05) is 35.3 Å². The molecule has 0 aromatic heterocycles. The summed E-state index contributed by atoms with van der Waals surface area (Å²) in [5.41, 5.74) is -1.35. The van der Waals surface area contributed by atoms with E-state index in [-0.39, 0.29) is 12.8 Å². The van der Waals surface area contributed by atoms with Crippen molar-refractivity contribution < 1.29 is 24.3 Å². The predicted molar refractivity (Wildman–Crippen MR) is 73.8 cm³/mol. The molecule has 16 N–H and O–H groups in total. The summed E-state index contributed by atoms with van der Waals surface area (Å²) >= 11 is 0. The van der Waals surface area contributed by atoms with Gasteiger partial charge >= 0.3 is 12.0 Å². The molecule has 21 heavy (non-hydrogen) atoms. The van der Waals surface area contributed by atoms with Gasteiger partial charge in [-0.15, -0.1) is 46.7 Å². The van der Waals surface area contributed by atoms with Gasteiger partial charge in [0.05, 0.1) is 0 Å². The molecule has 0 aliphatic carbocycles. The summed E-state index contributed by atoms with van der Waals surface area (Å²) in [4.78, 5) is 7.59. The molecule has 0 aromatic rings. The SMILES string of the molecule is CCC(O[N+](N)(N)C(CC)(CC)O[N+](N)(N)N)[N+](N)(N)N. The average molecular weight is 314 g/mol. The summed E-state index contributed by atoms with van der Waals surface area (Å²) in [6, 6.07) is 0. The molecule has 0 saturated carbocycles. The highest BCUT2D eigenvalue weighted by Crippen LogP contribution is 2.29. The van der Waals surface area contributed by atoms with Crippen LogP contribution in [0.25, 0.3) is 0 Å². The topological polar surface area (TPSA) is 227 Å². The summed E-state index contributed by atoms with van der Waals surface area (Å²) in [6.07, 6.45) is 0.0162. The van der Waals surface area contributed by atoms with Crippen LogP contribution in [0.15, 0.2) is 0 Å². The van der Waals surface area contributed by atoms with Crippen LogP contribution in [0.5, 0.6) is 0 Å². The zero-order valence-electron chi connectivity index (χ0n) is 13.0. The third kappa shape index (κ3) is 5.31. The Morgan fingerprint density at radius 3 is 1.52 bits per heavy atom. The fourth-order valence-electron chi connectivity index (χ4n) is 2.00. The lowest BCUT2D eigenvalue weighted by Crippen LogP contribution is -2.83. The molecule has 13 heteroatoms. The van der Waals surface area contributed by atoms with Crippen molar-refractivity contribution in [2.45, 2.75) is 52.0 Å². The molecule has 0 rings (SSSR count). The number of hydrogen-bond acceptors (Lipinski definition) is 10. The summed E-state index contributed by atoms with van der Waals surface area (Å²) in [6.45, 7) is 5.26. The first-order chi connectivity index (χ1) is 9.24. The molecule has 0 heterocycles. The second kappa shape index (κ2) is 6.71. The van der Waals surface area contributed by atoms with Crippen molar-refractivity contribution in [3.8, 4) is 0 Å². The summed E-state index contributed by atoms with van der Waals surface area (Å²) < 4.78 is 0. The molecule has 0 spiro atoms. The van der Waals surface area contributed by atoms with Gasteiger partial charge in [-0.2, -0.15) is 0 Å². The van der Waals surface area contributed by atoms with Gasteiger partial charge in [0.2, 0.25) is 0 Å². The number of hydrogen-bond donors (Lipinski definition) is 8. The maximum atomic E-state index is 6.01. The number of nitrogens with zero attached hydrogens (tertiary/aromatic N) is 3. The third-order valence-corrected chi connectivity index (χ3v) is 3.21. The highest BCUT2D eigenvalue weighted by Gasteiger charge is 2.58. The average Bonchev–Trinajstić information content (AvgIpc) is 2.30. The van der Waals surface area contributed by atoms with Crippen molar-refractivity contribution >= 4 is 0 Å². The van der Waals surface area contributed by atoms with E-state index in [1.165, 1.54) is 0 Å². The Morgan fingerprint density at radius 1 is 0.857 bits per heavy atom. The number of rotatable bonds is 9. The lowest BCUT2D eigenvalue weighted by molar-refractivity contribution is -1.27. The molecule has 0 amide bonds. The van der Waals surface area contributed by atoms with Gasteiger partial charge in [0.1, 0.15) is 0 Å². The van der Waals surface area contributed by atoms with Gasteiger partial charge in [-0.3, -0.25) is 0 Å². The maximum absolute atomic E-state index is 6.01. The minimum atomic E-state index is -1.35. The van der Waals surface area contributed by atoms with Crippen molar-refractivity contribution in [3.05, 3.63) is 0 Å². The Hall–Kier alpha value is -0.520. The van der Waals surface area contributed by atoms with E-state index in [2.05, 4.69) is 0 Å². The summed E-state index contributed by atoms with van der Waals surface area (Å²) in [5, 5.41) is 0. The van der Waals surface area contributed by atoms with Crippen LogP contribution in [-0.4, -0.2) is 26.6 Å². The number of quaternary nitrogens is 3. The van der Waals surface area contributed by atoms with Crippen molar-refractivity contribution in [1.82, 2.24) is 0 Å². The Morgan fingerprint density at radius 2 is 1.29 bits per heavy atom. The molecule has 13 nitrogen and oxygen atoms in total. The Bertz CT molecular complexity index is 319. The van der Waals surface area contributed by atoms with E-state index >= 15 is 0 Å². The fourth-order valence-corrected chi connectivity index (χ4v) is 2.00. The number of hydroxylamine groups is 1. The molecule has 0 aliphatic heterocycles. The zero-order chi connectivity index (χ0) is 17.1. The molecule has 0 aliphatic rings. The first-order valence-corrected chi connectivity index (χ1v) is 6.59. The van der Waals surface area contributed by atoms with Gasteiger partial charge in [0.25, 0.3) is 0 Å².